The Morgan fingerprint density at radius 3 is 1.00 bits per heavy atom. The van der Waals surface area contributed by atoms with Gasteiger partial charge in [-0.3, -0.25) is 0 Å². The van der Waals surface area contributed by atoms with Crippen LogP contribution in [0, 0.1) is 0 Å². The van der Waals surface area contributed by atoms with Crippen molar-refractivity contribution >= 4 is 71.8 Å². The molecule has 0 aliphatic carbocycles. The van der Waals surface area contributed by atoms with E-state index in [9.17, 15) is 0 Å². The Hall–Kier alpha value is 2.10. The summed E-state index contributed by atoms with van der Waals surface area (Å²) in [6, 6.07) is 0. The molecule has 0 amide bonds. The average Bonchev–Trinajstić information content (AvgIpc) is 0. The van der Waals surface area contributed by atoms with E-state index in [-0.39, 0.29) is 84.0 Å². The van der Waals surface area contributed by atoms with Crippen molar-refractivity contribution < 1.29 is 12.3 Å². The molecule has 0 saturated carbocycles. The van der Waals surface area contributed by atoms with Crippen LogP contribution in [0.3, 0.4) is 0 Å². The molecule has 28 valence electrons. The predicted molar refractivity (Wildman–Crippen MR) is 25.1 cm³/mol. The zero-order valence-electron chi connectivity index (χ0n) is 4.17. The number of hydrogen-bond acceptors (Lipinski definition) is 0. The second kappa shape index (κ2) is 35.9. The Morgan fingerprint density at radius 2 is 1.00 bits per heavy atom. The summed E-state index contributed by atoms with van der Waals surface area (Å²) in [7, 11) is 0. The minimum atomic E-state index is 0. The summed E-state index contributed by atoms with van der Waals surface area (Å²) in [5, 5.41) is 0. The second-order valence-corrected chi connectivity index (χ2v) is 0. The van der Waals surface area contributed by atoms with Crippen molar-refractivity contribution in [2.75, 3.05) is 0 Å². The minimum Gasteiger partial charge on any atom is -1.00 e. The molecule has 5 heavy (non-hydrogen) atoms. The molecule has 0 N–H and O–H groups in total. The third-order valence-corrected chi connectivity index (χ3v) is 0. The molecule has 0 aliphatic heterocycles. The van der Waals surface area contributed by atoms with Gasteiger partial charge in [-0.1, -0.05) is 0 Å². The Labute approximate surface area is 83.0 Å². The van der Waals surface area contributed by atoms with Crippen molar-refractivity contribution in [1.29, 1.82) is 0 Å². The third kappa shape index (κ3) is 23.2. The second-order valence-electron chi connectivity index (χ2n) is 0. The van der Waals surface area contributed by atoms with Crippen LogP contribution in [0.15, 0.2) is 0 Å². The first-order valence-corrected chi connectivity index (χ1v) is 0. The van der Waals surface area contributed by atoms with Crippen molar-refractivity contribution in [2.45, 2.75) is 0 Å². The van der Waals surface area contributed by atoms with Gasteiger partial charge in [-0.05, 0) is 11.0 Å². The maximum absolute atomic E-state index is 0. The van der Waals surface area contributed by atoms with Crippen LogP contribution in [0.5, 0.6) is 0 Å². The van der Waals surface area contributed by atoms with Crippen LogP contribution in [0.25, 0.3) is 0 Å². The maximum atomic E-state index is 0. The minimum absolute atomic E-state index is 0. The predicted octanol–water partition coefficient (Wildman–Crippen LogP) is -7.98. The van der Waals surface area contributed by atoms with Crippen LogP contribution in [0.4, 0.5) is 0 Å². The van der Waals surface area contributed by atoms with E-state index in [1.54, 1.807) is 0 Å². The fraction of sp³-hybridized carbons (Fsp3) is 0. The number of rotatable bonds is 0. The summed E-state index contributed by atoms with van der Waals surface area (Å²) in [4.78, 5) is 0. The van der Waals surface area contributed by atoms with Gasteiger partial charge in [-0.2, -0.15) is 0 Å². The molecule has 0 aromatic carbocycles. The molecular weight excluding hydrogens is 130 g/mol. The normalized spacial score (nSPS) is 0. The van der Waals surface area contributed by atoms with E-state index in [1.807, 2.05) is 0 Å². The topological polar surface area (TPSA) is 0 Å². The molecule has 0 aromatic rings. The maximum Gasteiger partial charge on any atom is 2.00 e. The summed E-state index contributed by atoms with van der Waals surface area (Å²) in [5.41, 5.74) is 0. The van der Waals surface area contributed by atoms with Gasteiger partial charge in [-0.25, -0.2) is 0 Å². The van der Waals surface area contributed by atoms with Crippen molar-refractivity contribution in [3.8, 4) is 0 Å². The van der Waals surface area contributed by atoms with Crippen LogP contribution in [-0.4, -0.2) is 71.8 Å². The Bertz CT molecular complexity index is 15.7. The van der Waals surface area contributed by atoms with Crippen LogP contribution in [-0.2, 0) is 0 Å². The Kier molecular flexibility index (Phi) is 430. The van der Waals surface area contributed by atoms with Crippen LogP contribution >= 0.6 is 0 Å². The van der Waals surface area contributed by atoms with Crippen LogP contribution in [0.2, 0.25) is 0 Å². The average molecular weight is 137 g/mol. The van der Waals surface area contributed by atoms with Crippen molar-refractivity contribution in [3.63, 3.8) is 0 Å². The van der Waals surface area contributed by atoms with Gasteiger partial charge >= 0.3 is 60.8 Å². The van der Waals surface area contributed by atoms with Gasteiger partial charge in [0.25, 0.3) is 0 Å². The van der Waals surface area contributed by atoms with Crippen molar-refractivity contribution in [3.05, 3.63) is 0 Å². The monoisotopic (exact) mass is 136 g/mol. The van der Waals surface area contributed by atoms with Gasteiger partial charge in [0.1, 0.15) is 0 Å². The van der Waals surface area contributed by atoms with Gasteiger partial charge in [-0.15, -0.1) is 0 Å². The zero-order valence-corrected chi connectivity index (χ0v) is 5.79. The summed E-state index contributed by atoms with van der Waals surface area (Å²) < 4.78 is 0. The first kappa shape index (κ1) is 59.8. The molecule has 0 aliphatic rings. The first-order valence-electron chi connectivity index (χ1n) is 0. The van der Waals surface area contributed by atoms with Crippen molar-refractivity contribution in [1.82, 2.24) is 0 Å². The SMILES string of the molecule is [Ca+2].[F-].[F-].[H-].[H-].[Mg+2].[SiH4]. The van der Waals surface area contributed by atoms with Gasteiger partial charge in [0.15, 0.2) is 0 Å². The molecule has 5 heteroatoms. The number of hydrogen-bond donors (Lipinski definition) is 0. The molecule has 0 spiro atoms. The molecule has 0 atom stereocenters. The fourth-order valence-electron chi connectivity index (χ4n) is 0. The smallest absolute Gasteiger partial charge is 1.00 e. The molecule has 0 radical (unpaired) electrons. The molecule has 0 unspecified atom stereocenters. The molecule has 0 aromatic heterocycles. The molecule has 0 fully saturated rings. The van der Waals surface area contributed by atoms with Gasteiger partial charge < -0.3 is 12.3 Å². The van der Waals surface area contributed by atoms with Gasteiger partial charge in [0, 0.05) is 0 Å². The Morgan fingerprint density at radius 1 is 1.00 bits per heavy atom. The van der Waals surface area contributed by atoms with E-state index >= 15 is 0 Å². The van der Waals surface area contributed by atoms with E-state index in [0.717, 1.165) is 0 Å². The standard InChI is InChI=1S/Ca.2FH.Mg.H4Si.2H/h;2*1H;;1H4;;/q+2;;;+2;;2*-1/p-2. The largest absolute Gasteiger partial charge is 2.00 e. The van der Waals surface area contributed by atoms with E-state index in [4.69, 9.17) is 0 Å². The third-order valence-electron chi connectivity index (χ3n) is 0. The Balaban J connectivity index is 0. The van der Waals surface area contributed by atoms with E-state index < -0.39 is 0 Å². The summed E-state index contributed by atoms with van der Waals surface area (Å²) >= 11 is 0. The van der Waals surface area contributed by atoms with E-state index in [2.05, 4.69) is 0 Å². The molecule has 0 bridgehead atoms. The summed E-state index contributed by atoms with van der Waals surface area (Å²) in [5.74, 6) is 0. The first-order chi connectivity index (χ1) is 0. The van der Waals surface area contributed by atoms with Gasteiger partial charge in [0.2, 0.25) is 0 Å². The zero-order chi connectivity index (χ0) is 0. The molecule has 0 nitrogen and oxygen atoms in total. The van der Waals surface area contributed by atoms with Gasteiger partial charge in [0.05, 0.1) is 0 Å². The molecule has 0 heterocycles. The fourth-order valence-corrected chi connectivity index (χ4v) is 0. The van der Waals surface area contributed by atoms with E-state index in [0.29, 0.717) is 0 Å². The van der Waals surface area contributed by atoms with E-state index in [1.165, 1.54) is 0 Å². The van der Waals surface area contributed by atoms with Crippen molar-refractivity contribution in [2.24, 2.45) is 0 Å². The van der Waals surface area contributed by atoms with Crippen LogP contribution < -0.4 is 9.41 Å². The van der Waals surface area contributed by atoms with Crippen LogP contribution in [0.1, 0.15) is 2.85 Å². The summed E-state index contributed by atoms with van der Waals surface area (Å²) in [6.07, 6.45) is 0. The molecule has 0 saturated heterocycles. The number of halogens is 2. The molecule has 0 rings (SSSR count). The summed E-state index contributed by atoms with van der Waals surface area (Å²) in [6.45, 7) is 0. The quantitative estimate of drug-likeness (QED) is 0.290. The molecular formula is H6CaF2MgSi.